The van der Waals surface area contributed by atoms with Crippen molar-refractivity contribution in [1.29, 1.82) is 0 Å². The molecule has 0 bridgehead atoms. The number of hydrogen-bond acceptors (Lipinski definition) is 5. The third-order valence-electron chi connectivity index (χ3n) is 5.23. The number of piperidine rings is 1. The number of carbonyl (C=O) groups excluding carboxylic acids is 1. The highest BCUT2D eigenvalue weighted by atomic mass is 35.5. The molecular weight excluding hydrogens is 467 g/mol. The average molecular weight is 490 g/mol. The van der Waals surface area contributed by atoms with E-state index in [-0.39, 0.29) is 28.4 Å². The Bertz CT molecular complexity index is 1070. The molecule has 1 saturated heterocycles. The molecule has 1 aromatic heterocycles. The van der Waals surface area contributed by atoms with Crippen molar-refractivity contribution < 1.29 is 26.4 Å². The van der Waals surface area contributed by atoms with E-state index in [0.29, 0.717) is 38.0 Å². The van der Waals surface area contributed by atoms with Gasteiger partial charge in [0.15, 0.2) is 9.84 Å². The second kappa shape index (κ2) is 9.66. The summed E-state index contributed by atoms with van der Waals surface area (Å²) in [5.74, 6) is -0.0660. The van der Waals surface area contributed by atoms with Gasteiger partial charge in [0, 0.05) is 38.0 Å². The van der Waals surface area contributed by atoms with E-state index in [4.69, 9.17) is 11.6 Å². The molecule has 174 valence electrons. The number of anilines is 1. The van der Waals surface area contributed by atoms with Crippen LogP contribution in [0.1, 0.15) is 29.5 Å². The van der Waals surface area contributed by atoms with E-state index in [9.17, 15) is 26.4 Å². The predicted molar refractivity (Wildman–Crippen MR) is 116 cm³/mol. The van der Waals surface area contributed by atoms with Gasteiger partial charge >= 0.3 is 6.18 Å². The minimum absolute atomic E-state index is 0.0317. The summed E-state index contributed by atoms with van der Waals surface area (Å²) in [5, 5.41) is 2.82. The lowest BCUT2D eigenvalue weighted by Crippen LogP contribution is -2.40. The number of pyridine rings is 1. The van der Waals surface area contributed by atoms with Crippen molar-refractivity contribution in [3.05, 3.63) is 58.2 Å². The summed E-state index contributed by atoms with van der Waals surface area (Å²) in [4.78, 5) is 18.2. The summed E-state index contributed by atoms with van der Waals surface area (Å²) >= 11 is 6.01. The normalized spacial score (nSPS) is 15.6. The van der Waals surface area contributed by atoms with Crippen LogP contribution in [0.4, 0.5) is 19.0 Å². The summed E-state index contributed by atoms with van der Waals surface area (Å²) in [6, 6.07) is 7.87. The van der Waals surface area contributed by atoms with Gasteiger partial charge in [0.1, 0.15) is 5.82 Å². The van der Waals surface area contributed by atoms with Gasteiger partial charge in [-0.15, -0.1) is 0 Å². The highest BCUT2D eigenvalue weighted by Gasteiger charge is 2.33. The summed E-state index contributed by atoms with van der Waals surface area (Å²) in [6.07, 6.45) is -1.51. The van der Waals surface area contributed by atoms with Crippen LogP contribution in [0.5, 0.6) is 0 Å². The van der Waals surface area contributed by atoms with Crippen LogP contribution >= 0.6 is 11.6 Å². The maximum absolute atomic E-state index is 12.8. The van der Waals surface area contributed by atoms with Crippen molar-refractivity contribution in [2.45, 2.75) is 31.3 Å². The highest BCUT2D eigenvalue weighted by Crippen LogP contribution is 2.34. The van der Waals surface area contributed by atoms with Gasteiger partial charge in [-0.3, -0.25) is 4.79 Å². The summed E-state index contributed by atoms with van der Waals surface area (Å²) in [7, 11) is -3.10. The van der Waals surface area contributed by atoms with Crippen LogP contribution in [0.3, 0.4) is 0 Å². The van der Waals surface area contributed by atoms with E-state index < -0.39 is 21.6 Å². The molecule has 1 aromatic carbocycles. The lowest BCUT2D eigenvalue weighted by molar-refractivity contribution is -0.137. The third-order valence-corrected chi connectivity index (χ3v) is 6.37. The molecular formula is C21H23ClF3N3O3S. The quantitative estimate of drug-likeness (QED) is 0.667. The number of halogens is 4. The first-order chi connectivity index (χ1) is 14.9. The van der Waals surface area contributed by atoms with Gasteiger partial charge in [-0.2, -0.15) is 13.2 Å². The molecule has 0 spiro atoms. The molecule has 1 aliphatic heterocycles. The molecule has 1 N–H and O–H groups in total. The molecule has 1 amide bonds. The van der Waals surface area contributed by atoms with Gasteiger partial charge in [-0.05, 0) is 30.0 Å². The molecule has 6 nitrogen and oxygen atoms in total. The monoisotopic (exact) mass is 489 g/mol. The Hall–Kier alpha value is -2.33. The van der Waals surface area contributed by atoms with Gasteiger partial charge < -0.3 is 10.2 Å². The number of amides is 1. The van der Waals surface area contributed by atoms with Gasteiger partial charge in [-0.1, -0.05) is 35.9 Å². The van der Waals surface area contributed by atoms with Crippen molar-refractivity contribution in [2.24, 2.45) is 5.92 Å². The van der Waals surface area contributed by atoms with E-state index in [1.165, 1.54) is 6.26 Å². The number of sulfone groups is 1. The topological polar surface area (TPSA) is 79.4 Å². The van der Waals surface area contributed by atoms with E-state index in [1.54, 1.807) is 29.2 Å². The fourth-order valence-corrected chi connectivity index (χ4v) is 4.65. The van der Waals surface area contributed by atoms with E-state index in [0.717, 1.165) is 17.8 Å². The molecule has 1 fully saturated rings. The Balaban J connectivity index is 1.50. The summed E-state index contributed by atoms with van der Waals surface area (Å²) in [5.41, 5.74) is 0.643. The minimum Gasteiger partial charge on any atom is -0.355 e. The second-order valence-electron chi connectivity index (χ2n) is 7.89. The van der Waals surface area contributed by atoms with Crippen LogP contribution < -0.4 is 10.2 Å². The van der Waals surface area contributed by atoms with E-state index in [2.05, 4.69) is 10.3 Å². The minimum atomic E-state index is -4.51. The van der Waals surface area contributed by atoms with E-state index in [1.807, 2.05) is 0 Å². The molecule has 0 atom stereocenters. The summed E-state index contributed by atoms with van der Waals surface area (Å²) < 4.78 is 61.0. The number of carbonyl (C=O) groups is 1. The number of hydrogen-bond donors (Lipinski definition) is 1. The highest BCUT2D eigenvalue weighted by molar-refractivity contribution is 7.89. The summed E-state index contributed by atoms with van der Waals surface area (Å²) in [6.45, 7) is 1.23. The SMILES string of the molecule is CS(=O)(=O)Cc1ccc(CNC(=O)C2CCN(c3ncc(C(F)(F)F)cc3Cl)CC2)cc1. The van der Waals surface area contributed by atoms with Crippen LogP contribution in [0.15, 0.2) is 36.5 Å². The number of nitrogens with one attached hydrogen (secondary N) is 1. The smallest absolute Gasteiger partial charge is 0.355 e. The Kier molecular flexibility index (Phi) is 7.34. The maximum Gasteiger partial charge on any atom is 0.417 e. The van der Waals surface area contributed by atoms with E-state index >= 15 is 0 Å². The van der Waals surface area contributed by atoms with Crippen LogP contribution in [0.2, 0.25) is 5.02 Å². The van der Waals surface area contributed by atoms with Crippen molar-refractivity contribution in [3.63, 3.8) is 0 Å². The zero-order valence-corrected chi connectivity index (χ0v) is 18.9. The van der Waals surface area contributed by atoms with Crippen molar-refractivity contribution >= 4 is 33.2 Å². The molecule has 1 aliphatic rings. The number of nitrogens with zero attached hydrogens (tertiary/aromatic N) is 2. The second-order valence-corrected chi connectivity index (χ2v) is 10.4. The van der Waals surface area contributed by atoms with Crippen LogP contribution in [0.25, 0.3) is 0 Å². The van der Waals surface area contributed by atoms with Crippen molar-refractivity contribution in [2.75, 3.05) is 24.2 Å². The molecule has 2 heterocycles. The number of aromatic nitrogens is 1. The molecule has 11 heteroatoms. The Morgan fingerprint density at radius 3 is 2.31 bits per heavy atom. The molecule has 0 radical (unpaired) electrons. The maximum atomic E-state index is 12.8. The predicted octanol–water partition coefficient (Wildman–Crippen LogP) is 3.83. The lowest BCUT2D eigenvalue weighted by Gasteiger charge is -2.32. The average Bonchev–Trinajstić information content (AvgIpc) is 2.71. The van der Waals surface area contributed by atoms with Gasteiger partial charge in [0.2, 0.25) is 5.91 Å². The first kappa shape index (κ1) is 24.3. The standard InChI is InChI=1S/C21H23ClF3N3O3S/c1-32(30,31)13-15-4-2-14(3-5-15)11-27-20(29)16-6-8-28(9-7-16)19-18(22)10-17(12-26-19)21(23,24)25/h2-5,10,12,16H,6-9,11,13H2,1H3,(H,27,29). The fourth-order valence-electron chi connectivity index (χ4n) is 3.56. The van der Waals surface area contributed by atoms with Crippen LogP contribution in [-0.2, 0) is 33.1 Å². The molecule has 0 aliphatic carbocycles. The number of alkyl halides is 3. The van der Waals surface area contributed by atoms with Gasteiger partial charge in [0.05, 0.1) is 16.3 Å². The van der Waals surface area contributed by atoms with Crippen molar-refractivity contribution in [3.8, 4) is 0 Å². The molecule has 0 unspecified atom stereocenters. The molecule has 3 rings (SSSR count). The lowest BCUT2D eigenvalue weighted by atomic mass is 9.95. The fraction of sp³-hybridized carbons (Fsp3) is 0.429. The van der Waals surface area contributed by atoms with Gasteiger partial charge in [0.25, 0.3) is 0 Å². The first-order valence-electron chi connectivity index (χ1n) is 9.93. The molecule has 32 heavy (non-hydrogen) atoms. The van der Waals surface area contributed by atoms with Crippen molar-refractivity contribution in [1.82, 2.24) is 10.3 Å². The third kappa shape index (κ3) is 6.59. The zero-order chi connectivity index (χ0) is 23.5. The molecule has 0 saturated carbocycles. The molecule has 2 aromatic rings. The Labute approximate surface area is 189 Å². The Morgan fingerprint density at radius 1 is 1.19 bits per heavy atom. The van der Waals surface area contributed by atoms with Crippen LogP contribution in [0, 0.1) is 5.92 Å². The number of rotatable bonds is 6. The largest absolute Gasteiger partial charge is 0.417 e. The first-order valence-corrected chi connectivity index (χ1v) is 12.4. The van der Waals surface area contributed by atoms with Gasteiger partial charge in [-0.25, -0.2) is 13.4 Å². The van der Waals surface area contributed by atoms with Crippen LogP contribution in [-0.4, -0.2) is 38.7 Å². The zero-order valence-electron chi connectivity index (χ0n) is 17.3. The number of benzene rings is 1. The Morgan fingerprint density at radius 2 is 1.78 bits per heavy atom.